The van der Waals surface area contributed by atoms with Crippen LogP contribution in [0, 0.1) is 0 Å². The molecule has 0 heterocycles. The zero-order valence-corrected chi connectivity index (χ0v) is 4.91. The van der Waals surface area contributed by atoms with Crippen molar-refractivity contribution >= 4 is 0 Å². The molecule has 0 aliphatic heterocycles. The Morgan fingerprint density at radius 2 is 2.00 bits per heavy atom. The standard InChI is InChI=1S/C8H10O/c9-7-6-8-4-2-1-3-5-8/h1-5,9H,6-7H2/i6D,7D2/t6-/m0/s1. The number of hydrogen-bond acceptors (Lipinski definition) is 1. The van der Waals surface area contributed by atoms with E-state index in [1.54, 1.807) is 30.3 Å². The van der Waals surface area contributed by atoms with E-state index in [9.17, 15) is 0 Å². The molecule has 0 amide bonds. The fraction of sp³-hybridized carbons (Fsp3) is 0.250. The Balaban J connectivity index is 2.86. The van der Waals surface area contributed by atoms with Crippen LogP contribution in [0.5, 0.6) is 0 Å². The predicted octanol–water partition coefficient (Wildman–Crippen LogP) is 1.22. The summed E-state index contributed by atoms with van der Waals surface area (Å²) in [4.78, 5) is 0. The smallest absolute Gasteiger partial charge is 0.0567 e. The second-order valence-corrected chi connectivity index (χ2v) is 1.68. The minimum Gasteiger partial charge on any atom is -0.396 e. The second-order valence-electron chi connectivity index (χ2n) is 1.68. The minimum atomic E-state index is -2.47. The van der Waals surface area contributed by atoms with Gasteiger partial charge >= 0.3 is 0 Å². The van der Waals surface area contributed by atoms with E-state index in [4.69, 9.17) is 9.22 Å². The molecule has 0 unspecified atom stereocenters. The van der Waals surface area contributed by atoms with Crippen molar-refractivity contribution in [3.8, 4) is 0 Å². The van der Waals surface area contributed by atoms with E-state index in [2.05, 4.69) is 0 Å². The van der Waals surface area contributed by atoms with E-state index in [0.29, 0.717) is 5.56 Å². The minimum absolute atomic E-state index is 0.477. The van der Waals surface area contributed by atoms with Gasteiger partial charge in [0.2, 0.25) is 0 Å². The van der Waals surface area contributed by atoms with Crippen LogP contribution in [0.4, 0.5) is 0 Å². The first-order chi connectivity index (χ1) is 5.52. The van der Waals surface area contributed by atoms with Crippen molar-refractivity contribution in [1.29, 1.82) is 0 Å². The lowest BCUT2D eigenvalue weighted by Crippen LogP contribution is -1.88. The van der Waals surface area contributed by atoms with E-state index in [-0.39, 0.29) is 0 Å². The van der Waals surface area contributed by atoms with Gasteiger partial charge in [-0.05, 0) is 12.0 Å². The zero-order valence-electron chi connectivity index (χ0n) is 7.91. The SMILES string of the molecule is [2H][C@H](c1ccccc1)C([2H])([2H])O. The van der Waals surface area contributed by atoms with Gasteiger partial charge in [0.1, 0.15) is 0 Å². The third kappa shape index (κ3) is 1.86. The van der Waals surface area contributed by atoms with Crippen LogP contribution in [-0.4, -0.2) is 11.7 Å². The van der Waals surface area contributed by atoms with E-state index >= 15 is 0 Å². The maximum absolute atomic E-state index is 8.89. The lowest BCUT2D eigenvalue weighted by Gasteiger charge is -1.93. The summed E-state index contributed by atoms with van der Waals surface area (Å²) in [6.07, 6.45) is -1.24. The molecule has 48 valence electrons. The molecule has 0 radical (unpaired) electrons. The summed E-state index contributed by atoms with van der Waals surface area (Å²) in [5.41, 5.74) is 0.477. The highest BCUT2D eigenvalue weighted by molar-refractivity contribution is 5.14. The molecule has 1 atom stereocenters. The molecule has 1 heteroatoms. The quantitative estimate of drug-likeness (QED) is 0.630. The highest BCUT2D eigenvalue weighted by Crippen LogP contribution is 1.97. The number of rotatable bonds is 2. The first-order valence-electron chi connectivity index (χ1n) is 4.29. The summed E-state index contributed by atoms with van der Waals surface area (Å²) < 4.78 is 21.2. The molecule has 0 spiro atoms. The third-order valence-corrected chi connectivity index (χ3v) is 1.03. The molecule has 0 aliphatic carbocycles. The van der Waals surface area contributed by atoms with Gasteiger partial charge in [-0.2, -0.15) is 0 Å². The van der Waals surface area contributed by atoms with Gasteiger partial charge in [0.25, 0.3) is 0 Å². The second kappa shape index (κ2) is 3.25. The van der Waals surface area contributed by atoms with Gasteiger partial charge in [0, 0.05) is 7.93 Å². The van der Waals surface area contributed by atoms with Crippen LogP contribution in [0.3, 0.4) is 0 Å². The van der Waals surface area contributed by atoms with Crippen molar-refractivity contribution < 1.29 is 9.22 Å². The summed E-state index contributed by atoms with van der Waals surface area (Å²) in [5.74, 6) is 0. The highest BCUT2D eigenvalue weighted by atomic mass is 16.2. The molecule has 9 heavy (non-hydrogen) atoms. The maximum atomic E-state index is 8.89. The highest BCUT2D eigenvalue weighted by Gasteiger charge is 1.85. The summed E-state index contributed by atoms with van der Waals surface area (Å²) in [6, 6.07) is 8.44. The third-order valence-electron chi connectivity index (χ3n) is 1.03. The Hall–Kier alpha value is -0.820. The van der Waals surface area contributed by atoms with Crippen LogP contribution in [0.25, 0.3) is 0 Å². The predicted molar refractivity (Wildman–Crippen MR) is 37.2 cm³/mol. The summed E-state index contributed by atoms with van der Waals surface area (Å²) in [6.45, 7) is -2.47. The van der Waals surface area contributed by atoms with Crippen molar-refractivity contribution in [2.24, 2.45) is 0 Å². The summed E-state index contributed by atoms with van der Waals surface area (Å²) >= 11 is 0. The average molecular weight is 125 g/mol. The summed E-state index contributed by atoms with van der Waals surface area (Å²) in [7, 11) is 0. The fourth-order valence-corrected chi connectivity index (χ4v) is 0.624. The Labute approximate surface area is 59.2 Å². The van der Waals surface area contributed by atoms with Gasteiger partial charge in [-0.1, -0.05) is 30.3 Å². The summed E-state index contributed by atoms with van der Waals surface area (Å²) in [5, 5.41) is 8.89. The monoisotopic (exact) mass is 125 g/mol. The van der Waals surface area contributed by atoms with Crippen molar-refractivity contribution in [2.45, 2.75) is 6.40 Å². The van der Waals surface area contributed by atoms with Crippen molar-refractivity contribution in [1.82, 2.24) is 0 Å². The molecule has 0 aromatic heterocycles. The maximum Gasteiger partial charge on any atom is 0.0567 e. The van der Waals surface area contributed by atoms with Gasteiger partial charge in [-0.25, -0.2) is 0 Å². The molecule has 0 bridgehead atoms. The fourth-order valence-electron chi connectivity index (χ4n) is 0.624. The number of aryl methyl sites for hydroxylation is 1. The van der Waals surface area contributed by atoms with Gasteiger partial charge in [0.15, 0.2) is 0 Å². The molecule has 1 N–H and O–H groups in total. The lowest BCUT2D eigenvalue weighted by molar-refractivity contribution is 0.299. The van der Waals surface area contributed by atoms with Gasteiger partial charge < -0.3 is 5.11 Å². The first-order valence-corrected chi connectivity index (χ1v) is 2.71. The molecular formula is C8H10O. The molecule has 0 saturated carbocycles. The van der Waals surface area contributed by atoms with Crippen LogP contribution < -0.4 is 0 Å². The molecule has 1 aromatic carbocycles. The van der Waals surface area contributed by atoms with Crippen molar-refractivity contribution in [3.05, 3.63) is 35.9 Å². The number of aliphatic hydroxyl groups is 1. The van der Waals surface area contributed by atoms with E-state index in [1.807, 2.05) is 0 Å². The van der Waals surface area contributed by atoms with Crippen LogP contribution in [0.15, 0.2) is 30.3 Å². The van der Waals surface area contributed by atoms with Crippen LogP contribution in [0.1, 0.15) is 9.68 Å². The van der Waals surface area contributed by atoms with Gasteiger partial charge in [-0.3, -0.25) is 0 Å². The lowest BCUT2D eigenvalue weighted by atomic mass is 10.2. The van der Waals surface area contributed by atoms with Gasteiger partial charge in [-0.15, -0.1) is 0 Å². The van der Waals surface area contributed by atoms with Crippen molar-refractivity contribution in [2.75, 3.05) is 6.56 Å². The van der Waals surface area contributed by atoms with Crippen LogP contribution >= 0.6 is 0 Å². The molecule has 1 aromatic rings. The molecule has 0 aliphatic rings. The molecule has 0 fully saturated rings. The Bertz CT molecular complexity index is 242. The molecule has 0 saturated heterocycles. The Morgan fingerprint density at radius 1 is 1.33 bits per heavy atom. The van der Waals surface area contributed by atoms with Gasteiger partial charge in [0.05, 0.1) is 2.74 Å². The van der Waals surface area contributed by atoms with Crippen molar-refractivity contribution in [3.63, 3.8) is 0 Å². The van der Waals surface area contributed by atoms with E-state index in [1.165, 1.54) is 0 Å². The molecule has 1 nitrogen and oxygen atoms in total. The topological polar surface area (TPSA) is 20.2 Å². The van der Waals surface area contributed by atoms with E-state index in [0.717, 1.165) is 0 Å². The molecule has 1 rings (SSSR count). The zero-order chi connectivity index (χ0) is 9.19. The largest absolute Gasteiger partial charge is 0.396 e. The normalized spacial score (nSPS) is 19.4. The number of benzene rings is 1. The van der Waals surface area contributed by atoms with Crippen LogP contribution in [0.2, 0.25) is 0 Å². The Morgan fingerprint density at radius 3 is 2.56 bits per heavy atom. The first kappa shape index (κ1) is 3.37. The molecular weight excluding hydrogens is 112 g/mol. The Kier molecular flexibility index (Phi) is 1.22. The van der Waals surface area contributed by atoms with Crippen LogP contribution in [-0.2, 0) is 6.40 Å². The average Bonchev–Trinajstić information content (AvgIpc) is 2.03. The van der Waals surface area contributed by atoms with E-state index < -0.39 is 13.0 Å². The number of hydrogen-bond donors (Lipinski definition) is 1.